The van der Waals surface area contributed by atoms with Gasteiger partial charge in [0.1, 0.15) is 0 Å². The molecule has 7 aromatic carbocycles. The molecule has 2 nitrogen and oxygen atoms in total. The fourth-order valence-corrected chi connectivity index (χ4v) is 15.5. The monoisotopic (exact) mass is 830 g/mol. The number of anilines is 3. The standard InChI is InChI=1S/C62H58N2/c1-61(2)55-26-28-58-60(54-34-45(43-9-5-3-6-10-43)17-27-57(54)64(58)48-11-7-4-8-12-48)59(55)52-25-24-51(35-56(52)61)63(49-20-15-44(16-21-49)53-33-39-13-14-46(53)32-39)50-22-18-47(19-23-50)62-36-40-29-41(37-62)31-42(30-40)38-62/h3-12,15-28,34-35,39-42,46,53H,13-14,29-33,36-38H2,1-2H3. The molecule has 0 spiro atoms. The molecule has 6 fully saturated rings. The third-order valence-corrected chi connectivity index (χ3v) is 18.0. The van der Waals surface area contributed by atoms with Gasteiger partial charge < -0.3 is 9.47 Å². The topological polar surface area (TPSA) is 8.17 Å². The first-order chi connectivity index (χ1) is 31.4. The Morgan fingerprint density at radius 2 is 1.17 bits per heavy atom. The second-order valence-corrected chi connectivity index (χ2v) is 22.0. The van der Waals surface area contributed by atoms with Crippen molar-refractivity contribution < 1.29 is 0 Å². The van der Waals surface area contributed by atoms with Gasteiger partial charge >= 0.3 is 0 Å². The van der Waals surface area contributed by atoms with Crippen molar-refractivity contribution in [2.24, 2.45) is 29.6 Å². The summed E-state index contributed by atoms with van der Waals surface area (Å²) in [6, 6.07) is 61.0. The van der Waals surface area contributed by atoms with Crippen LogP contribution in [0.5, 0.6) is 0 Å². The molecule has 0 amide bonds. The Hall–Kier alpha value is -5.86. The van der Waals surface area contributed by atoms with E-state index in [0.717, 1.165) is 35.5 Å². The summed E-state index contributed by atoms with van der Waals surface area (Å²) in [5.74, 6) is 5.38. The average molecular weight is 831 g/mol. The zero-order valence-corrected chi connectivity index (χ0v) is 37.4. The molecule has 316 valence electrons. The molecule has 6 saturated carbocycles. The molecule has 6 bridgehead atoms. The van der Waals surface area contributed by atoms with E-state index in [1.54, 1.807) is 11.1 Å². The first-order valence-electron chi connectivity index (χ1n) is 24.7. The van der Waals surface area contributed by atoms with Gasteiger partial charge in [-0.15, -0.1) is 0 Å². The Labute approximate surface area is 379 Å². The van der Waals surface area contributed by atoms with Gasteiger partial charge in [0.25, 0.3) is 0 Å². The van der Waals surface area contributed by atoms with Crippen LogP contribution in [0.2, 0.25) is 0 Å². The maximum atomic E-state index is 2.57. The van der Waals surface area contributed by atoms with Crippen molar-refractivity contribution in [2.45, 2.75) is 94.8 Å². The van der Waals surface area contributed by atoms with Crippen LogP contribution in [0.1, 0.15) is 106 Å². The highest BCUT2D eigenvalue weighted by atomic mass is 15.1. The van der Waals surface area contributed by atoms with Crippen molar-refractivity contribution in [2.75, 3.05) is 4.90 Å². The molecule has 0 radical (unpaired) electrons. The highest BCUT2D eigenvalue weighted by molar-refractivity contribution is 6.18. The number of nitrogens with zero attached hydrogens (tertiary/aromatic N) is 2. The van der Waals surface area contributed by atoms with Crippen LogP contribution in [-0.2, 0) is 10.8 Å². The minimum Gasteiger partial charge on any atom is -0.310 e. The summed E-state index contributed by atoms with van der Waals surface area (Å²) in [6.45, 7) is 4.90. The summed E-state index contributed by atoms with van der Waals surface area (Å²) in [4.78, 5) is 2.57. The van der Waals surface area contributed by atoms with E-state index in [-0.39, 0.29) is 5.41 Å². The van der Waals surface area contributed by atoms with Gasteiger partial charge in [-0.25, -0.2) is 0 Å². The van der Waals surface area contributed by atoms with Crippen molar-refractivity contribution >= 4 is 38.9 Å². The Balaban J connectivity index is 0.918. The summed E-state index contributed by atoms with van der Waals surface area (Å²) in [5, 5.41) is 2.66. The van der Waals surface area contributed by atoms with Crippen LogP contribution in [0.3, 0.4) is 0 Å². The third-order valence-electron chi connectivity index (χ3n) is 18.0. The lowest BCUT2D eigenvalue weighted by Crippen LogP contribution is -2.48. The van der Waals surface area contributed by atoms with E-state index in [0.29, 0.717) is 5.41 Å². The first-order valence-corrected chi connectivity index (χ1v) is 24.7. The van der Waals surface area contributed by atoms with Gasteiger partial charge in [0.2, 0.25) is 0 Å². The van der Waals surface area contributed by atoms with Crippen LogP contribution < -0.4 is 4.90 Å². The van der Waals surface area contributed by atoms with Crippen LogP contribution in [0.4, 0.5) is 17.1 Å². The van der Waals surface area contributed by atoms with Gasteiger partial charge in [0, 0.05) is 38.9 Å². The predicted octanol–water partition coefficient (Wildman–Crippen LogP) is 16.6. The molecule has 7 aliphatic carbocycles. The molecule has 0 aliphatic heterocycles. The van der Waals surface area contributed by atoms with Gasteiger partial charge in [-0.1, -0.05) is 111 Å². The highest BCUT2D eigenvalue weighted by Gasteiger charge is 2.51. The van der Waals surface area contributed by atoms with E-state index < -0.39 is 0 Å². The van der Waals surface area contributed by atoms with E-state index in [1.165, 1.54) is 142 Å². The smallest absolute Gasteiger partial charge is 0.0547 e. The molecule has 1 aromatic heterocycles. The maximum absolute atomic E-state index is 2.57. The molecule has 64 heavy (non-hydrogen) atoms. The lowest BCUT2D eigenvalue weighted by molar-refractivity contribution is -0.00518. The molecule has 7 aliphatic rings. The van der Waals surface area contributed by atoms with Crippen LogP contribution in [-0.4, -0.2) is 4.57 Å². The second-order valence-electron chi connectivity index (χ2n) is 22.0. The van der Waals surface area contributed by atoms with Crippen LogP contribution in [0, 0.1) is 29.6 Å². The van der Waals surface area contributed by atoms with Crippen molar-refractivity contribution in [3.05, 3.63) is 180 Å². The number of benzene rings is 7. The van der Waals surface area contributed by atoms with E-state index in [2.05, 4.69) is 181 Å². The number of rotatable bonds is 7. The molecule has 1 heterocycles. The largest absolute Gasteiger partial charge is 0.310 e. The molecule has 15 rings (SSSR count). The first kappa shape index (κ1) is 37.5. The van der Waals surface area contributed by atoms with E-state index in [1.807, 2.05) is 0 Å². The minimum atomic E-state index is -0.188. The van der Waals surface area contributed by atoms with E-state index in [9.17, 15) is 0 Å². The van der Waals surface area contributed by atoms with Crippen molar-refractivity contribution in [1.29, 1.82) is 0 Å². The van der Waals surface area contributed by atoms with Crippen LogP contribution >= 0.6 is 0 Å². The molecule has 0 saturated heterocycles. The number of aromatic nitrogens is 1. The molecule has 8 aromatic rings. The van der Waals surface area contributed by atoms with Gasteiger partial charge in [0.05, 0.1) is 11.0 Å². The Morgan fingerprint density at radius 1 is 0.516 bits per heavy atom. The lowest BCUT2D eigenvalue weighted by Gasteiger charge is -2.57. The SMILES string of the molecule is CC1(C)c2cc(N(c3ccc(C4CC5CCC4C5)cc3)c3ccc(C45CC6CC(CC(C6)C4)C5)cc3)ccc2-c2c1ccc1c2c2cc(-c3ccccc3)ccc2n1-c1ccccc1. The summed E-state index contributed by atoms with van der Waals surface area (Å²) < 4.78 is 2.48. The van der Waals surface area contributed by atoms with Gasteiger partial charge in [-0.05, 0) is 210 Å². The fraction of sp³-hybridized carbons (Fsp3) is 0.323. The van der Waals surface area contributed by atoms with Crippen LogP contribution in [0.15, 0.2) is 158 Å². The van der Waals surface area contributed by atoms with E-state index >= 15 is 0 Å². The Bertz CT molecular complexity index is 3080. The van der Waals surface area contributed by atoms with E-state index in [4.69, 9.17) is 0 Å². The van der Waals surface area contributed by atoms with Gasteiger partial charge in [-0.3, -0.25) is 0 Å². The van der Waals surface area contributed by atoms with Crippen LogP contribution in [0.25, 0.3) is 49.7 Å². The zero-order chi connectivity index (χ0) is 42.3. The van der Waals surface area contributed by atoms with Crippen molar-refractivity contribution in [3.8, 4) is 27.9 Å². The number of hydrogen-bond donors (Lipinski definition) is 0. The minimum absolute atomic E-state index is 0.188. The number of para-hydroxylation sites is 1. The molecule has 3 atom stereocenters. The summed E-state index contributed by atoms with van der Waals surface area (Å²) in [7, 11) is 0. The maximum Gasteiger partial charge on any atom is 0.0547 e. The molecular weight excluding hydrogens is 773 g/mol. The average Bonchev–Trinajstić information content (AvgIpc) is 4.10. The molecule has 0 N–H and O–H groups in total. The Morgan fingerprint density at radius 3 is 1.84 bits per heavy atom. The zero-order valence-electron chi connectivity index (χ0n) is 37.4. The van der Waals surface area contributed by atoms with Gasteiger partial charge in [-0.2, -0.15) is 0 Å². The number of hydrogen-bond acceptors (Lipinski definition) is 1. The summed E-state index contributed by atoms with van der Waals surface area (Å²) >= 11 is 0. The normalized spacial score (nSPS) is 26.8. The highest BCUT2D eigenvalue weighted by Crippen LogP contribution is 2.61. The molecular formula is C62H58N2. The second kappa shape index (κ2) is 13.8. The fourth-order valence-electron chi connectivity index (χ4n) is 15.5. The summed E-state index contributed by atoms with van der Waals surface area (Å²) in [6.07, 6.45) is 14.3. The quantitative estimate of drug-likeness (QED) is 0.155. The molecule has 2 heteroatoms. The van der Waals surface area contributed by atoms with Gasteiger partial charge in [0.15, 0.2) is 0 Å². The van der Waals surface area contributed by atoms with Crippen molar-refractivity contribution in [3.63, 3.8) is 0 Å². The third kappa shape index (κ3) is 5.56. The Kier molecular flexibility index (Phi) is 8.10. The van der Waals surface area contributed by atoms with Crippen molar-refractivity contribution in [1.82, 2.24) is 4.57 Å². The molecule has 3 unspecified atom stereocenters. The lowest BCUT2D eigenvalue weighted by atomic mass is 9.48. The predicted molar refractivity (Wildman–Crippen MR) is 267 cm³/mol. The number of fused-ring (bicyclic) bond motifs is 9. The summed E-state index contributed by atoms with van der Waals surface area (Å²) in [5.41, 5.74) is 18.9.